The maximum absolute atomic E-state index is 13.8. The fourth-order valence-electron chi connectivity index (χ4n) is 2.83. The van der Waals surface area contributed by atoms with E-state index in [1.54, 1.807) is 20.8 Å². The molecule has 0 radical (unpaired) electrons. The Labute approximate surface area is 139 Å². The molecule has 1 aromatic rings. The zero-order valence-corrected chi connectivity index (χ0v) is 13.9. The molecule has 1 N–H and O–H groups in total. The van der Waals surface area contributed by atoms with E-state index >= 15 is 0 Å². The molecular formula is C17H21F2NO4. The van der Waals surface area contributed by atoms with Gasteiger partial charge in [-0.15, -0.1) is 0 Å². The summed E-state index contributed by atoms with van der Waals surface area (Å²) in [6, 6.07) is 2.29. The van der Waals surface area contributed by atoms with Gasteiger partial charge in [0.1, 0.15) is 23.3 Å². The predicted octanol–water partition coefficient (Wildman–Crippen LogP) is 3.22. The number of carbonyl (C=O) groups excluding carboxylic acids is 1. The van der Waals surface area contributed by atoms with E-state index in [9.17, 15) is 23.5 Å². The monoisotopic (exact) mass is 341 g/mol. The molecule has 1 fully saturated rings. The zero-order valence-electron chi connectivity index (χ0n) is 13.9. The summed E-state index contributed by atoms with van der Waals surface area (Å²) >= 11 is 0. The van der Waals surface area contributed by atoms with E-state index in [4.69, 9.17) is 4.74 Å². The van der Waals surface area contributed by atoms with Crippen LogP contribution in [0.5, 0.6) is 0 Å². The van der Waals surface area contributed by atoms with Crippen LogP contribution in [0, 0.1) is 17.6 Å². The van der Waals surface area contributed by atoms with Crippen molar-refractivity contribution in [3.8, 4) is 0 Å². The van der Waals surface area contributed by atoms with Crippen LogP contribution in [-0.4, -0.2) is 40.3 Å². The molecule has 0 bridgehead atoms. The number of carbonyl (C=O) groups is 2. The topological polar surface area (TPSA) is 66.8 Å². The number of nitrogens with zero attached hydrogens (tertiary/aromatic N) is 1. The number of ether oxygens (including phenoxy) is 1. The molecule has 1 heterocycles. The minimum atomic E-state index is -1.12. The Hall–Kier alpha value is -2.18. The van der Waals surface area contributed by atoms with E-state index in [2.05, 4.69) is 0 Å². The van der Waals surface area contributed by atoms with Crippen molar-refractivity contribution in [2.24, 2.45) is 5.92 Å². The molecule has 1 aromatic carbocycles. The lowest BCUT2D eigenvalue weighted by Gasteiger charge is -2.26. The number of halogens is 2. The van der Waals surface area contributed by atoms with Crippen molar-refractivity contribution in [3.63, 3.8) is 0 Å². The second-order valence-electron chi connectivity index (χ2n) is 7.03. The third-order valence-corrected chi connectivity index (χ3v) is 3.82. The fraction of sp³-hybridized carbons (Fsp3) is 0.529. The number of carboxylic acids is 1. The SMILES string of the molecule is CC(C)(C)OC(=O)N1CC(Cc2ccc(F)cc2F)C[C@H]1C(=O)O. The molecule has 2 rings (SSSR count). The van der Waals surface area contributed by atoms with Crippen LogP contribution in [0.2, 0.25) is 0 Å². The molecule has 5 nitrogen and oxygen atoms in total. The van der Waals surface area contributed by atoms with Gasteiger partial charge in [0.2, 0.25) is 0 Å². The fourth-order valence-corrected chi connectivity index (χ4v) is 2.83. The molecule has 1 aliphatic heterocycles. The number of benzene rings is 1. The Morgan fingerprint density at radius 1 is 1.33 bits per heavy atom. The number of hydrogen-bond acceptors (Lipinski definition) is 3. The molecule has 0 aliphatic carbocycles. The van der Waals surface area contributed by atoms with Crippen molar-refractivity contribution in [2.75, 3.05) is 6.54 Å². The van der Waals surface area contributed by atoms with Crippen LogP contribution in [0.3, 0.4) is 0 Å². The lowest BCUT2D eigenvalue weighted by Crippen LogP contribution is -2.43. The summed E-state index contributed by atoms with van der Waals surface area (Å²) in [6.07, 6.45) is -0.266. The highest BCUT2D eigenvalue weighted by molar-refractivity contribution is 5.81. The number of rotatable bonds is 3. The number of amides is 1. The molecule has 1 unspecified atom stereocenters. The number of carboxylic acid groups (broad SMARTS) is 1. The van der Waals surface area contributed by atoms with E-state index in [-0.39, 0.29) is 25.3 Å². The summed E-state index contributed by atoms with van der Waals surface area (Å²) in [5.41, 5.74) is -0.432. The average molecular weight is 341 g/mol. The van der Waals surface area contributed by atoms with Gasteiger partial charge in [-0.3, -0.25) is 4.90 Å². The first-order valence-corrected chi connectivity index (χ1v) is 7.73. The van der Waals surface area contributed by atoms with Crippen molar-refractivity contribution in [1.29, 1.82) is 0 Å². The highest BCUT2D eigenvalue weighted by Crippen LogP contribution is 2.29. The van der Waals surface area contributed by atoms with Gasteiger partial charge in [0.25, 0.3) is 0 Å². The molecule has 132 valence electrons. The normalized spacial score (nSPS) is 21.0. The van der Waals surface area contributed by atoms with Crippen molar-refractivity contribution < 1.29 is 28.2 Å². The maximum Gasteiger partial charge on any atom is 0.411 e. The standard InChI is InChI=1S/C17H21F2NO4/c1-17(2,3)24-16(23)20-9-10(7-14(20)15(21)22)6-11-4-5-12(18)8-13(11)19/h4-5,8,10,14H,6-7,9H2,1-3H3,(H,21,22)/t10?,14-/m0/s1. The molecule has 1 saturated heterocycles. The second-order valence-corrected chi connectivity index (χ2v) is 7.03. The lowest BCUT2D eigenvalue weighted by molar-refractivity contribution is -0.142. The molecule has 7 heteroatoms. The largest absolute Gasteiger partial charge is 0.480 e. The van der Waals surface area contributed by atoms with Gasteiger partial charge >= 0.3 is 12.1 Å². The highest BCUT2D eigenvalue weighted by Gasteiger charge is 2.41. The first-order chi connectivity index (χ1) is 11.1. The van der Waals surface area contributed by atoms with Gasteiger partial charge in [-0.2, -0.15) is 0 Å². The quantitative estimate of drug-likeness (QED) is 0.917. The van der Waals surface area contributed by atoms with Gasteiger partial charge in [-0.1, -0.05) is 6.07 Å². The third-order valence-electron chi connectivity index (χ3n) is 3.82. The zero-order chi connectivity index (χ0) is 18.1. The van der Waals surface area contributed by atoms with Crippen LogP contribution < -0.4 is 0 Å². The summed E-state index contributed by atoms with van der Waals surface area (Å²) in [5, 5.41) is 9.33. The van der Waals surface area contributed by atoms with E-state index in [1.807, 2.05) is 0 Å². The first-order valence-electron chi connectivity index (χ1n) is 7.73. The predicted molar refractivity (Wildman–Crippen MR) is 82.5 cm³/mol. The molecule has 1 amide bonds. The number of likely N-dealkylation sites (tertiary alicyclic amines) is 1. The third kappa shape index (κ3) is 4.43. The van der Waals surface area contributed by atoms with Crippen LogP contribution >= 0.6 is 0 Å². The summed E-state index contributed by atoms with van der Waals surface area (Å²) in [4.78, 5) is 24.8. The van der Waals surface area contributed by atoms with Gasteiger partial charge in [0, 0.05) is 12.6 Å². The first kappa shape index (κ1) is 18.2. The van der Waals surface area contributed by atoms with Gasteiger partial charge < -0.3 is 9.84 Å². The van der Waals surface area contributed by atoms with E-state index < -0.39 is 35.3 Å². The molecule has 1 aliphatic rings. The van der Waals surface area contributed by atoms with Gasteiger partial charge in [-0.05, 0) is 51.2 Å². The van der Waals surface area contributed by atoms with E-state index in [0.717, 1.165) is 12.1 Å². The minimum absolute atomic E-state index is 0.155. The van der Waals surface area contributed by atoms with Gasteiger partial charge in [0.05, 0.1) is 0 Å². The summed E-state index contributed by atoms with van der Waals surface area (Å²) < 4.78 is 32.0. The lowest BCUT2D eigenvalue weighted by atomic mass is 9.96. The Morgan fingerprint density at radius 3 is 2.54 bits per heavy atom. The van der Waals surface area contributed by atoms with E-state index in [0.29, 0.717) is 5.56 Å². The smallest absolute Gasteiger partial charge is 0.411 e. The van der Waals surface area contributed by atoms with Crippen molar-refractivity contribution >= 4 is 12.1 Å². The molecule has 24 heavy (non-hydrogen) atoms. The number of aliphatic carboxylic acids is 1. The van der Waals surface area contributed by atoms with Crippen LogP contribution in [0.1, 0.15) is 32.8 Å². The Morgan fingerprint density at radius 2 is 2.00 bits per heavy atom. The summed E-state index contributed by atoms with van der Waals surface area (Å²) in [5.74, 6) is -2.69. The van der Waals surface area contributed by atoms with Gasteiger partial charge in [-0.25, -0.2) is 18.4 Å². The summed E-state index contributed by atoms with van der Waals surface area (Å²) in [7, 11) is 0. The van der Waals surface area contributed by atoms with Crippen LogP contribution in [0.15, 0.2) is 18.2 Å². The summed E-state index contributed by atoms with van der Waals surface area (Å²) in [6.45, 7) is 5.25. The molecule has 0 aromatic heterocycles. The Kier molecular flexibility index (Phi) is 5.11. The highest BCUT2D eigenvalue weighted by atomic mass is 19.1. The maximum atomic E-state index is 13.8. The van der Waals surface area contributed by atoms with Crippen molar-refractivity contribution in [2.45, 2.75) is 45.3 Å². The van der Waals surface area contributed by atoms with Crippen LogP contribution in [-0.2, 0) is 16.0 Å². The van der Waals surface area contributed by atoms with Gasteiger partial charge in [0.15, 0.2) is 0 Å². The van der Waals surface area contributed by atoms with Crippen LogP contribution in [0.4, 0.5) is 13.6 Å². The molecule has 2 atom stereocenters. The van der Waals surface area contributed by atoms with Crippen molar-refractivity contribution in [3.05, 3.63) is 35.4 Å². The molecule has 0 spiro atoms. The Bertz CT molecular complexity index is 642. The molecular weight excluding hydrogens is 320 g/mol. The molecule has 0 saturated carbocycles. The number of hydrogen-bond donors (Lipinski definition) is 1. The minimum Gasteiger partial charge on any atom is -0.480 e. The average Bonchev–Trinajstić information content (AvgIpc) is 2.84. The van der Waals surface area contributed by atoms with E-state index in [1.165, 1.54) is 11.0 Å². The van der Waals surface area contributed by atoms with Crippen LogP contribution in [0.25, 0.3) is 0 Å². The van der Waals surface area contributed by atoms with Crippen molar-refractivity contribution in [1.82, 2.24) is 4.90 Å². The Balaban J connectivity index is 2.11. The second kappa shape index (κ2) is 6.75.